The van der Waals surface area contributed by atoms with Gasteiger partial charge in [0.2, 0.25) is 0 Å². The Balaban J connectivity index is 1.33. The summed E-state index contributed by atoms with van der Waals surface area (Å²) in [7, 11) is 0. The predicted octanol–water partition coefficient (Wildman–Crippen LogP) is 4.03. The molecule has 134 valence electrons. The minimum atomic E-state index is -0.221. The van der Waals surface area contributed by atoms with Crippen LogP contribution in [-0.4, -0.2) is 29.4 Å². The lowest BCUT2D eigenvalue weighted by molar-refractivity contribution is 0.0925. The van der Waals surface area contributed by atoms with Crippen LogP contribution in [0.5, 0.6) is 0 Å². The summed E-state index contributed by atoms with van der Waals surface area (Å²) in [5.74, 6) is 0.0848. The molecule has 3 heterocycles. The molecule has 0 bridgehead atoms. The van der Waals surface area contributed by atoms with E-state index in [2.05, 4.69) is 34.6 Å². The zero-order chi connectivity index (χ0) is 17.8. The normalized spacial score (nSPS) is 15.2. The number of hydrogen-bond donors (Lipinski definition) is 1. The molecule has 1 aliphatic rings. The van der Waals surface area contributed by atoms with Crippen LogP contribution in [0.1, 0.15) is 29.0 Å². The number of amides is 1. The SMILES string of the molecule is O=C(NCc1ccc(SC2CCOCC2)cc1)c1cc2ccncc2o1. The number of furan rings is 1. The molecular weight excluding hydrogens is 348 g/mol. The number of benzene rings is 1. The van der Waals surface area contributed by atoms with Crippen molar-refractivity contribution in [3.63, 3.8) is 0 Å². The van der Waals surface area contributed by atoms with Gasteiger partial charge in [-0.1, -0.05) is 12.1 Å². The number of aromatic nitrogens is 1. The first kappa shape index (κ1) is 17.1. The smallest absolute Gasteiger partial charge is 0.287 e. The van der Waals surface area contributed by atoms with Gasteiger partial charge in [0, 0.05) is 41.5 Å². The number of ether oxygens (including phenoxy) is 1. The Morgan fingerprint density at radius 2 is 2.00 bits per heavy atom. The predicted molar refractivity (Wildman–Crippen MR) is 101 cm³/mol. The molecule has 0 saturated carbocycles. The summed E-state index contributed by atoms with van der Waals surface area (Å²) in [6.07, 6.45) is 5.51. The number of carbonyl (C=O) groups is 1. The Kier molecular flexibility index (Phi) is 5.22. The van der Waals surface area contributed by atoms with E-state index in [1.54, 1.807) is 18.5 Å². The molecule has 1 aromatic carbocycles. The molecule has 5 nitrogen and oxygen atoms in total. The van der Waals surface area contributed by atoms with Crippen molar-refractivity contribution in [3.05, 3.63) is 60.1 Å². The molecule has 0 spiro atoms. The molecule has 1 N–H and O–H groups in total. The summed E-state index contributed by atoms with van der Waals surface area (Å²) in [5.41, 5.74) is 1.68. The summed E-state index contributed by atoms with van der Waals surface area (Å²) in [5, 5.41) is 4.41. The minimum Gasteiger partial charge on any atom is -0.449 e. The van der Waals surface area contributed by atoms with Crippen LogP contribution in [0.15, 0.2) is 58.1 Å². The fourth-order valence-electron chi connectivity index (χ4n) is 2.94. The van der Waals surface area contributed by atoms with E-state index in [9.17, 15) is 4.79 Å². The molecule has 1 fully saturated rings. The van der Waals surface area contributed by atoms with Crippen molar-refractivity contribution in [2.24, 2.45) is 0 Å². The van der Waals surface area contributed by atoms with Gasteiger partial charge in [0.1, 0.15) is 0 Å². The van der Waals surface area contributed by atoms with E-state index >= 15 is 0 Å². The number of fused-ring (bicyclic) bond motifs is 1. The van der Waals surface area contributed by atoms with Crippen molar-refractivity contribution in [3.8, 4) is 0 Å². The van der Waals surface area contributed by atoms with Crippen molar-refractivity contribution < 1.29 is 13.9 Å². The van der Waals surface area contributed by atoms with Gasteiger partial charge in [-0.15, -0.1) is 11.8 Å². The van der Waals surface area contributed by atoms with Crippen molar-refractivity contribution in [2.45, 2.75) is 29.5 Å². The second-order valence-electron chi connectivity index (χ2n) is 6.28. The molecule has 0 aliphatic carbocycles. The van der Waals surface area contributed by atoms with Crippen molar-refractivity contribution >= 4 is 28.6 Å². The van der Waals surface area contributed by atoms with Crippen LogP contribution in [0.2, 0.25) is 0 Å². The Morgan fingerprint density at radius 1 is 1.19 bits per heavy atom. The van der Waals surface area contributed by atoms with Crippen LogP contribution in [0.3, 0.4) is 0 Å². The number of hydrogen-bond acceptors (Lipinski definition) is 5. The van der Waals surface area contributed by atoms with E-state index in [4.69, 9.17) is 9.15 Å². The molecule has 1 saturated heterocycles. The molecule has 4 rings (SSSR count). The summed E-state index contributed by atoms with van der Waals surface area (Å²) < 4.78 is 10.9. The fraction of sp³-hybridized carbons (Fsp3) is 0.300. The van der Waals surface area contributed by atoms with Gasteiger partial charge >= 0.3 is 0 Å². The lowest BCUT2D eigenvalue weighted by Gasteiger charge is -2.21. The molecule has 3 aromatic rings. The first-order chi connectivity index (χ1) is 12.8. The maximum absolute atomic E-state index is 12.3. The molecule has 1 aliphatic heterocycles. The topological polar surface area (TPSA) is 64.4 Å². The van der Waals surface area contributed by atoms with Crippen molar-refractivity contribution in [1.29, 1.82) is 0 Å². The van der Waals surface area contributed by atoms with Gasteiger partial charge in [0.25, 0.3) is 5.91 Å². The highest BCUT2D eigenvalue weighted by Gasteiger charge is 2.15. The van der Waals surface area contributed by atoms with Gasteiger partial charge in [-0.05, 0) is 42.7 Å². The summed E-state index contributed by atoms with van der Waals surface area (Å²) in [6, 6.07) is 11.9. The van der Waals surface area contributed by atoms with Gasteiger partial charge in [0.15, 0.2) is 11.3 Å². The van der Waals surface area contributed by atoms with E-state index < -0.39 is 0 Å². The van der Waals surface area contributed by atoms with Gasteiger partial charge in [-0.3, -0.25) is 9.78 Å². The van der Waals surface area contributed by atoms with Crippen LogP contribution < -0.4 is 5.32 Å². The van der Waals surface area contributed by atoms with Gasteiger partial charge < -0.3 is 14.5 Å². The van der Waals surface area contributed by atoms with Crippen LogP contribution in [0, 0.1) is 0 Å². The van der Waals surface area contributed by atoms with Gasteiger partial charge in [-0.2, -0.15) is 0 Å². The Morgan fingerprint density at radius 3 is 2.77 bits per heavy atom. The van der Waals surface area contributed by atoms with Crippen LogP contribution in [0.25, 0.3) is 11.0 Å². The Labute approximate surface area is 156 Å². The summed E-state index contributed by atoms with van der Waals surface area (Å²) in [6.45, 7) is 2.19. The van der Waals surface area contributed by atoms with Crippen molar-refractivity contribution in [2.75, 3.05) is 13.2 Å². The second kappa shape index (κ2) is 7.93. The highest BCUT2D eigenvalue weighted by Crippen LogP contribution is 2.29. The van der Waals surface area contributed by atoms with Crippen LogP contribution in [-0.2, 0) is 11.3 Å². The average molecular weight is 368 g/mol. The standard InChI is InChI=1S/C20H20N2O3S/c23-20(18-11-15-5-8-21-13-19(15)25-18)22-12-14-1-3-16(4-2-14)26-17-6-9-24-10-7-17/h1-5,8,11,13,17H,6-7,9-10,12H2,(H,22,23). The number of rotatable bonds is 5. The number of nitrogens with zero attached hydrogens (tertiary/aromatic N) is 1. The maximum Gasteiger partial charge on any atom is 0.287 e. The average Bonchev–Trinajstić information content (AvgIpc) is 3.12. The van der Waals surface area contributed by atoms with E-state index in [0.717, 1.165) is 37.0 Å². The summed E-state index contributed by atoms with van der Waals surface area (Å²) in [4.78, 5) is 17.5. The minimum absolute atomic E-state index is 0.221. The fourth-order valence-corrected chi connectivity index (χ4v) is 4.04. The molecule has 26 heavy (non-hydrogen) atoms. The quantitative estimate of drug-likeness (QED) is 0.737. The molecule has 6 heteroatoms. The first-order valence-corrected chi connectivity index (χ1v) is 9.61. The third-order valence-corrected chi connectivity index (χ3v) is 5.74. The third kappa shape index (κ3) is 4.08. The number of carbonyl (C=O) groups excluding carboxylic acids is 1. The zero-order valence-electron chi connectivity index (χ0n) is 14.3. The van der Waals surface area contributed by atoms with Crippen molar-refractivity contribution in [1.82, 2.24) is 10.3 Å². The van der Waals surface area contributed by atoms with Crippen LogP contribution >= 0.6 is 11.8 Å². The Hall–Kier alpha value is -2.31. The van der Waals surface area contributed by atoms with Crippen LogP contribution in [0.4, 0.5) is 0 Å². The lowest BCUT2D eigenvalue weighted by atomic mass is 10.2. The largest absolute Gasteiger partial charge is 0.449 e. The number of thioether (sulfide) groups is 1. The third-order valence-electron chi connectivity index (χ3n) is 4.39. The van der Waals surface area contributed by atoms with Gasteiger partial charge in [-0.25, -0.2) is 0 Å². The number of pyridine rings is 1. The highest BCUT2D eigenvalue weighted by atomic mass is 32.2. The van der Waals surface area contributed by atoms with Gasteiger partial charge in [0.05, 0.1) is 6.20 Å². The number of nitrogens with one attached hydrogen (secondary N) is 1. The molecule has 2 aromatic heterocycles. The maximum atomic E-state index is 12.3. The first-order valence-electron chi connectivity index (χ1n) is 8.73. The summed E-state index contributed by atoms with van der Waals surface area (Å²) >= 11 is 1.91. The zero-order valence-corrected chi connectivity index (χ0v) is 15.1. The van der Waals surface area contributed by atoms with E-state index in [-0.39, 0.29) is 5.91 Å². The molecular formula is C20H20N2O3S. The lowest BCUT2D eigenvalue weighted by Crippen LogP contribution is -2.22. The van der Waals surface area contributed by atoms with E-state index in [1.165, 1.54) is 4.90 Å². The molecule has 1 amide bonds. The second-order valence-corrected chi connectivity index (χ2v) is 7.65. The Bertz CT molecular complexity index is 852. The highest BCUT2D eigenvalue weighted by molar-refractivity contribution is 8.00. The monoisotopic (exact) mass is 368 g/mol. The molecule has 0 atom stereocenters. The molecule has 0 radical (unpaired) electrons. The van der Waals surface area contributed by atoms with E-state index in [1.807, 2.05) is 17.8 Å². The van der Waals surface area contributed by atoms with E-state index in [0.29, 0.717) is 23.1 Å². The molecule has 0 unspecified atom stereocenters.